The van der Waals surface area contributed by atoms with Crippen molar-refractivity contribution in [3.05, 3.63) is 11.5 Å². The molecule has 2 amide bonds. The molecule has 0 radical (unpaired) electrons. The number of carbonyl (C=O) groups is 3. The van der Waals surface area contributed by atoms with Crippen molar-refractivity contribution in [2.75, 3.05) is 12.8 Å². The molecule has 8 heteroatoms. The Morgan fingerprint density at radius 3 is 2.80 bits per heavy atom. The normalized spacial score (nSPS) is 18.8. The average Bonchev–Trinajstić information content (AvgIpc) is 2.75. The highest BCUT2D eigenvalue weighted by atomic mass is 16.5. The van der Waals surface area contributed by atoms with E-state index >= 15 is 0 Å². The second-order valence-electron chi connectivity index (χ2n) is 4.44. The molecule has 1 fully saturated rings. The number of aromatic nitrogens is 2. The first kappa shape index (κ1) is 14.0. The molecule has 108 valence electrons. The number of esters is 1. The Hall–Kier alpha value is -2.38. The highest BCUT2D eigenvalue weighted by Gasteiger charge is 2.33. The second kappa shape index (κ2) is 5.32. The van der Waals surface area contributed by atoms with Crippen LogP contribution in [0.25, 0.3) is 0 Å². The van der Waals surface area contributed by atoms with E-state index in [0.29, 0.717) is 18.7 Å². The number of nitrogens with two attached hydrogens (primary N) is 1. The van der Waals surface area contributed by atoms with Crippen LogP contribution in [-0.4, -0.2) is 34.4 Å². The fraction of sp³-hybridized carbons (Fsp3) is 0.500. The summed E-state index contributed by atoms with van der Waals surface area (Å²) in [5.74, 6) is -0.795. The van der Waals surface area contributed by atoms with Gasteiger partial charge in [0.2, 0.25) is 11.8 Å². The van der Waals surface area contributed by atoms with E-state index in [2.05, 4.69) is 15.0 Å². The standard InChI is InChI=1S/C12H16N4O4/c1-3-7-14-9(12(19)20-2)10(13)16(7)6-4-5-8(17)15-11(6)18/h6H,3-5,13H2,1-2H3,(H,15,17,18). The van der Waals surface area contributed by atoms with Gasteiger partial charge in [0.25, 0.3) is 0 Å². The monoisotopic (exact) mass is 280 g/mol. The fourth-order valence-corrected chi connectivity index (χ4v) is 2.27. The van der Waals surface area contributed by atoms with Crippen LogP contribution in [-0.2, 0) is 20.7 Å². The quantitative estimate of drug-likeness (QED) is 0.584. The molecule has 1 aromatic rings. The van der Waals surface area contributed by atoms with Gasteiger partial charge in [-0.3, -0.25) is 14.9 Å². The lowest BCUT2D eigenvalue weighted by Gasteiger charge is -2.24. The molecule has 0 bridgehead atoms. The first-order chi connectivity index (χ1) is 9.49. The maximum Gasteiger partial charge on any atom is 0.360 e. The van der Waals surface area contributed by atoms with Crippen LogP contribution >= 0.6 is 0 Å². The minimum atomic E-state index is -0.650. The van der Waals surface area contributed by atoms with Gasteiger partial charge in [-0.15, -0.1) is 0 Å². The Kier molecular flexibility index (Phi) is 3.73. The zero-order valence-corrected chi connectivity index (χ0v) is 11.3. The fourth-order valence-electron chi connectivity index (χ4n) is 2.27. The molecule has 1 atom stereocenters. The lowest BCUT2D eigenvalue weighted by atomic mass is 10.1. The number of amides is 2. The van der Waals surface area contributed by atoms with Gasteiger partial charge in [0.05, 0.1) is 7.11 Å². The van der Waals surface area contributed by atoms with E-state index in [9.17, 15) is 14.4 Å². The van der Waals surface area contributed by atoms with Gasteiger partial charge in [-0.2, -0.15) is 0 Å². The van der Waals surface area contributed by atoms with Crippen LogP contribution in [0.5, 0.6) is 0 Å². The molecular formula is C12H16N4O4. The molecule has 2 rings (SSSR count). The zero-order chi connectivity index (χ0) is 14.9. The van der Waals surface area contributed by atoms with E-state index in [1.807, 2.05) is 6.92 Å². The smallest absolute Gasteiger partial charge is 0.360 e. The van der Waals surface area contributed by atoms with Crippen molar-refractivity contribution in [3.63, 3.8) is 0 Å². The predicted octanol–water partition coefficient (Wildman–Crippen LogP) is -0.208. The third-order valence-electron chi connectivity index (χ3n) is 3.24. The molecule has 0 saturated carbocycles. The average molecular weight is 280 g/mol. The summed E-state index contributed by atoms with van der Waals surface area (Å²) < 4.78 is 6.12. The van der Waals surface area contributed by atoms with Crippen LogP contribution in [0.15, 0.2) is 0 Å². The first-order valence-corrected chi connectivity index (χ1v) is 6.28. The molecule has 2 heterocycles. The predicted molar refractivity (Wildman–Crippen MR) is 68.8 cm³/mol. The topological polar surface area (TPSA) is 116 Å². The summed E-state index contributed by atoms with van der Waals surface area (Å²) >= 11 is 0. The van der Waals surface area contributed by atoms with Crippen molar-refractivity contribution >= 4 is 23.6 Å². The van der Waals surface area contributed by atoms with E-state index in [-0.39, 0.29) is 23.8 Å². The van der Waals surface area contributed by atoms with Crippen molar-refractivity contribution < 1.29 is 19.1 Å². The molecule has 3 N–H and O–H groups in total. The molecular weight excluding hydrogens is 264 g/mol. The number of nitrogens with one attached hydrogen (secondary N) is 1. The Bertz CT molecular complexity index is 578. The lowest BCUT2D eigenvalue weighted by Crippen LogP contribution is -2.42. The van der Waals surface area contributed by atoms with Gasteiger partial charge in [0, 0.05) is 12.8 Å². The number of imide groups is 1. The van der Waals surface area contributed by atoms with Gasteiger partial charge in [-0.1, -0.05) is 6.92 Å². The maximum absolute atomic E-state index is 11.9. The van der Waals surface area contributed by atoms with Crippen LogP contribution in [0.1, 0.15) is 42.1 Å². The van der Waals surface area contributed by atoms with E-state index in [1.54, 1.807) is 0 Å². The summed E-state index contributed by atoms with van der Waals surface area (Å²) in [6.45, 7) is 1.84. The van der Waals surface area contributed by atoms with Crippen LogP contribution in [0, 0.1) is 0 Å². The van der Waals surface area contributed by atoms with Crippen LogP contribution in [0.4, 0.5) is 5.82 Å². The number of ether oxygens (including phenoxy) is 1. The summed E-state index contributed by atoms with van der Waals surface area (Å²) in [5, 5.41) is 2.26. The van der Waals surface area contributed by atoms with Crippen LogP contribution in [0.3, 0.4) is 0 Å². The number of carbonyl (C=O) groups excluding carboxylic acids is 3. The van der Waals surface area contributed by atoms with Gasteiger partial charge in [0.1, 0.15) is 17.7 Å². The van der Waals surface area contributed by atoms with Crippen molar-refractivity contribution in [2.24, 2.45) is 0 Å². The maximum atomic E-state index is 11.9. The molecule has 0 aliphatic carbocycles. The second-order valence-corrected chi connectivity index (χ2v) is 4.44. The largest absolute Gasteiger partial charge is 0.464 e. The van der Waals surface area contributed by atoms with E-state index in [0.717, 1.165) is 0 Å². The number of nitrogen functional groups attached to an aromatic ring is 1. The third-order valence-corrected chi connectivity index (χ3v) is 3.24. The molecule has 1 saturated heterocycles. The molecule has 0 spiro atoms. The number of hydrogen-bond acceptors (Lipinski definition) is 6. The number of piperidine rings is 1. The Labute approximate surface area is 115 Å². The van der Waals surface area contributed by atoms with E-state index in [4.69, 9.17) is 5.73 Å². The first-order valence-electron chi connectivity index (χ1n) is 6.28. The molecule has 1 aromatic heterocycles. The summed E-state index contributed by atoms with van der Waals surface area (Å²) in [6, 6.07) is -0.631. The number of imidazole rings is 1. The van der Waals surface area contributed by atoms with Gasteiger partial charge in [-0.25, -0.2) is 9.78 Å². The summed E-state index contributed by atoms with van der Waals surface area (Å²) in [5.41, 5.74) is 5.91. The molecule has 20 heavy (non-hydrogen) atoms. The molecule has 1 unspecified atom stereocenters. The molecule has 1 aliphatic rings. The number of aryl methyl sites for hydroxylation is 1. The number of hydrogen-bond donors (Lipinski definition) is 2. The van der Waals surface area contributed by atoms with Crippen LogP contribution in [0.2, 0.25) is 0 Å². The number of anilines is 1. The number of nitrogens with zero attached hydrogens (tertiary/aromatic N) is 2. The minimum Gasteiger partial charge on any atom is -0.464 e. The highest BCUT2D eigenvalue weighted by Crippen LogP contribution is 2.27. The Morgan fingerprint density at radius 1 is 1.55 bits per heavy atom. The number of methoxy groups -OCH3 is 1. The van der Waals surface area contributed by atoms with Gasteiger partial charge in [0.15, 0.2) is 5.69 Å². The van der Waals surface area contributed by atoms with Crippen molar-refractivity contribution in [1.82, 2.24) is 14.9 Å². The number of rotatable bonds is 3. The lowest BCUT2D eigenvalue weighted by molar-refractivity contribution is -0.135. The Balaban J connectivity index is 2.45. The minimum absolute atomic E-state index is 0.00551. The summed E-state index contributed by atoms with van der Waals surface area (Å²) in [6.07, 6.45) is 1.06. The van der Waals surface area contributed by atoms with Crippen molar-refractivity contribution in [2.45, 2.75) is 32.2 Å². The summed E-state index contributed by atoms with van der Waals surface area (Å²) in [7, 11) is 1.23. The molecule has 8 nitrogen and oxygen atoms in total. The van der Waals surface area contributed by atoms with Crippen LogP contribution < -0.4 is 11.1 Å². The van der Waals surface area contributed by atoms with E-state index in [1.165, 1.54) is 11.7 Å². The Morgan fingerprint density at radius 2 is 2.25 bits per heavy atom. The molecule has 1 aliphatic heterocycles. The highest BCUT2D eigenvalue weighted by molar-refractivity contribution is 6.00. The van der Waals surface area contributed by atoms with E-state index < -0.39 is 17.9 Å². The zero-order valence-electron chi connectivity index (χ0n) is 11.3. The molecule has 0 aromatic carbocycles. The SMILES string of the molecule is CCc1nc(C(=O)OC)c(N)n1C1CCC(=O)NC1=O. The third kappa shape index (κ3) is 2.24. The van der Waals surface area contributed by atoms with Gasteiger partial charge >= 0.3 is 5.97 Å². The van der Waals surface area contributed by atoms with Gasteiger partial charge in [-0.05, 0) is 6.42 Å². The summed E-state index contributed by atoms with van der Waals surface area (Å²) in [4.78, 5) is 38.8. The van der Waals surface area contributed by atoms with Crippen molar-refractivity contribution in [3.8, 4) is 0 Å². The van der Waals surface area contributed by atoms with Crippen molar-refractivity contribution in [1.29, 1.82) is 0 Å². The van der Waals surface area contributed by atoms with Gasteiger partial charge < -0.3 is 15.0 Å².